The SMILES string of the molecule is Cc1ccc([N+](=O)[O-])c(NC(=O)c2c(F)cccc2F)c1C. The number of hydrogen-bond acceptors (Lipinski definition) is 3. The lowest BCUT2D eigenvalue weighted by Crippen LogP contribution is -2.17. The predicted octanol–water partition coefficient (Wildman–Crippen LogP) is 3.74. The van der Waals surface area contributed by atoms with Gasteiger partial charge in [-0.1, -0.05) is 12.1 Å². The van der Waals surface area contributed by atoms with Crippen molar-refractivity contribution in [2.75, 3.05) is 5.32 Å². The Morgan fingerprint density at radius 3 is 2.27 bits per heavy atom. The smallest absolute Gasteiger partial charge is 0.293 e. The number of halogens is 2. The van der Waals surface area contributed by atoms with Crippen LogP contribution in [0.2, 0.25) is 0 Å². The fourth-order valence-electron chi connectivity index (χ4n) is 2.00. The van der Waals surface area contributed by atoms with E-state index in [4.69, 9.17) is 0 Å². The molecule has 2 aromatic carbocycles. The molecule has 0 radical (unpaired) electrons. The number of nitro groups is 1. The van der Waals surface area contributed by atoms with Gasteiger partial charge in [0.1, 0.15) is 22.9 Å². The topological polar surface area (TPSA) is 72.2 Å². The summed E-state index contributed by atoms with van der Waals surface area (Å²) in [5.41, 5.74) is -0.0299. The zero-order valence-corrected chi connectivity index (χ0v) is 11.8. The molecule has 0 atom stereocenters. The molecular weight excluding hydrogens is 294 g/mol. The van der Waals surface area contributed by atoms with Gasteiger partial charge in [-0.05, 0) is 37.1 Å². The second kappa shape index (κ2) is 5.88. The predicted molar refractivity (Wildman–Crippen MR) is 76.9 cm³/mol. The van der Waals surface area contributed by atoms with Gasteiger partial charge in [0.05, 0.1) is 4.92 Å². The van der Waals surface area contributed by atoms with Gasteiger partial charge in [-0.3, -0.25) is 14.9 Å². The first-order valence-corrected chi connectivity index (χ1v) is 6.33. The van der Waals surface area contributed by atoms with Crippen LogP contribution in [-0.2, 0) is 0 Å². The second-order valence-electron chi connectivity index (χ2n) is 4.71. The summed E-state index contributed by atoms with van der Waals surface area (Å²) in [6.45, 7) is 3.29. The number of benzene rings is 2. The van der Waals surface area contributed by atoms with Crippen LogP contribution in [0.5, 0.6) is 0 Å². The van der Waals surface area contributed by atoms with Crippen molar-refractivity contribution < 1.29 is 18.5 Å². The molecule has 0 aromatic heterocycles. The average Bonchev–Trinajstić information content (AvgIpc) is 2.43. The summed E-state index contributed by atoms with van der Waals surface area (Å²) in [5, 5.41) is 13.3. The summed E-state index contributed by atoms with van der Waals surface area (Å²) < 4.78 is 27.2. The molecule has 0 aliphatic carbocycles. The van der Waals surface area contributed by atoms with Gasteiger partial charge in [-0.2, -0.15) is 0 Å². The van der Waals surface area contributed by atoms with Crippen molar-refractivity contribution >= 4 is 17.3 Å². The number of rotatable bonds is 3. The molecule has 0 saturated carbocycles. The summed E-state index contributed by atoms with van der Waals surface area (Å²) in [7, 11) is 0. The van der Waals surface area contributed by atoms with E-state index in [0.29, 0.717) is 11.1 Å². The lowest BCUT2D eigenvalue weighted by atomic mass is 10.1. The minimum atomic E-state index is -1.08. The second-order valence-corrected chi connectivity index (χ2v) is 4.71. The van der Waals surface area contributed by atoms with Crippen molar-refractivity contribution in [3.63, 3.8) is 0 Å². The number of carbonyl (C=O) groups excluding carboxylic acids is 1. The largest absolute Gasteiger partial charge is 0.316 e. The number of nitro benzene ring substituents is 1. The number of carbonyl (C=O) groups is 1. The third-order valence-electron chi connectivity index (χ3n) is 3.34. The molecule has 0 heterocycles. The molecule has 0 spiro atoms. The number of hydrogen-bond donors (Lipinski definition) is 1. The van der Waals surface area contributed by atoms with Gasteiger partial charge in [0, 0.05) is 6.07 Å². The van der Waals surface area contributed by atoms with Crippen LogP contribution in [-0.4, -0.2) is 10.8 Å². The van der Waals surface area contributed by atoms with Crippen LogP contribution in [0.1, 0.15) is 21.5 Å². The molecule has 0 saturated heterocycles. The Bertz CT molecular complexity index is 755. The Labute approximate surface area is 124 Å². The summed E-state index contributed by atoms with van der Waals surface area (Å²) in [4.78, 5) is 22.5. The van der Waals surface area contributed by atoms with Gasteiger partial charge in [-0.25, -0.2) is 8.78 Å². The van der Waals surface area contributed by atoms with Crippen molar-refractivity contribution in [3.05, 3.63) is 68.8 Å². The summed E-state index contributed by atoms with van der Waals surface area (Å²) in [5.74, 6) is -3.15. The number of aryl methyl sites for hydroxylation is 1. The Morgan fingerprint density at radius 1 is 1.14 bits per heavy atom. The molecule has 0 fully saturated rings. The molecular formula is C15H12F2N2O3. The zero-order chi connectivity index (χ0) is 16.4. The maximum atomic E-state index is 13.6. The number of nitrogens with zero attached hydrogens (tertiary/aromatic N) is 1. The van der Waals surface area contributed by atoms with Crippen LogP contribution < -0.4 is 5.32 Å². The third-order valence-corrected chi connectivity index (χ3v) is 3.34. The molecule has 2 rings (SSSR count). The van der Waals surface area contributed by atoms with E-state index in [1.54, 1.807) is 13.8 Å². The van der Waals surface area contributed by atoms with Gasteiger partial charge in [0.15, 0.2) is 0 Å². The molecule has 5 nitrogen and oxygen atoms in total. The van der Waals surface area contributed by atoms with Crippen molar-refractivity contribution in [2.45, 2.75) is 13.8 Å². The molecule has 22 heavy (non-hydrogen) atoms. The quantitative estimate of drug-likeness (QED) is 0.693. The fraction of sp³-hybridized carbons (Fsp3) is 0.133. The first-order valence-electron chi connectivity index (χ1n) is 6.33. The Hall–Kier alpha value is -2.83. The summed E-state index contributed by atoms with van der Waals surface area (Å²) in [6.07, 6.45) is 0. The molecule has 0 aliphatic rings. The highest BCUT2D eigenvalue weighted by Gasteiger charge is 2.23. The van der Waals surface area contributed by atoms with E-state index in [1.807, 2.05) is 0 Å². The van der Waals surface area contributed by atoms with E-state index >= 15 is 0 Å². The van der Waals surface area contributed by atoms with Gasteiger partial charge < -0.3 is 5.32 Å². The van der Waals surface area contributed by atoms with Crippen molar-refractivity contribution in [1.82, 2.24) is 0 Å². The van der Waals surface area contributed by atoms with Crippen LogP contribution in [0.25, 0.3) is 0 Å². The zero-order valence-electron chi connectivity index (χ0n) is 11.8. The van der Waals surface area contributed by atoms with E-state index in [9.17, 15) is 23.7 Å². The van der Waals surface area contributed by atoms with Crippen molar-refractivity contribution in [3.8, 4) is 0 Å². The molecule has 1 N–H and O–H groups in total. The first kappa shape index (κ1) is 15.6. The lowest BCUT2D eigenvalue weighted by Gasteiger charge is -2.11. The summed E-state index contributed by atoms with van der Waals surface area (Å²) >= 11 is 0. The van der Waals surface area contributed by atoms with E-state index in [0.717, 1.165) is 18.2 Å². The molecule has 114 valence electrons. The maximum Gasteiger partial charge on any atom is 0.293 e. The molecule has 1 amide bonds. The van der Waals surface area contributed by atoms with Gasteiger partial charge in [-0.15, -0.1) is 0 Å². The molecule has 7 heteroatoms. The molecule has 0 aliphatic heterocycles. The minimum Gasteiger partial charge on any atom is -0.316 e. The number of amides is 1. The Kier molecular flexibility index (Phi) is 4.16. The van der Waals surface area contributed by atoms with E-state index in [1.165, 1.54) is 12.1 Å². The lowest BCUT2D eigenvalue weighted by molar-refractivity contribution is -0.384. The monoisotopic (exact) mass is 306 g/mol. The molecule has 0 unspecified atom stereocenters. The van der Waals surface area contributed by atoms with Crippen molar-refractivity contribution in [2.24, 2.45) is 0 Å². The summed E-state index contributed by atoms with van der Waals surface area (Å²) in [6, 6.07) is 5.77. The normalized spacial score (nSPS) is 10.4. The third kappa shape index (κ3) is 2.78. The highest BCUT2D eigenvalue weighted by molar-refractivity contribution is 6.06. The van der Waals surface area contributed by atoms with Gasteiger partial charge in [0.25, 0.3) is 11.6 Å². The van der Waals surface area contributed by atoms with Crippen molar-refractivity contribution in [1.29, 1.82) is 0 Å². The van der Waals surface area contributed by atoms with E-state index in [-0.39, 0.29) is 11.4 Å². The maximum absolute atomic E-state index is 13.6. The number of anilines is 1. The Balaban J connectivity index is 2.49. The van der Waals surface area contributed by atoms with Gasteiger partial charge in [0.2, 0.25) is 0 Å². The fourth-order valence-corrected chi connectivity index (χ4v) is 2.00. The van der Waals surface area contributed by atoms with Crippen LogP contribution in [0.15, 0.2) is 30.3 Å². The van der Waals surface area contributed by atoms with Crippen LogP contribution >= 0.6 is 0 Å². The van der Waals surface area contributed by atoms with E-state index in [2.05, 4.69) is 5.32 Å². The van der Waals surface area contributed by atoms with Crippen LogP contribution in [0.4, 0.5) is 20.2 Å². The van der Waals surface area contributed by atoms with Crippen LogP contribution in [0, 0.1) is 35.6 Å². The average molecular weight is 306 g/mol. The highest BCUT2D eigenvalue weighted by atomic mass is 19.1. The Morgan fingerprint density at radius 2 is 1.73 bits per heavy atom. The van der Waals surface area contributed by atoms with E-state index < -0.39 is 28.0 Å². The van der Waals surface area contributed by atoms with Gasteiger partial charge >= 0.3 is 0 Å². The van der Waals surface area contributed by atoms with Crippen LogP contribution in [0.3, 0.4) is 0 Å². The number of nitrogens with one attached hydrogen (secondary N) is 1. The molecule has 2 aromatic rings. The first-order chi connectivity index (χ1) is 10.3. The molecule has 0 bridgehead atoms. The highest BCUT2D eigenvalue weighted by Crippen LogP contribution is 2.31. The standard InChI is InChI=1S/C15H12F2N2O3/c1-8-6-7-12(19(21)22)14(9(8)2)18-15(20)13-10(16)4-3-5-11(13)17/h3-7H,1-2H3,(H,18,20). The minimum absolute atomic E-state index is 0.0716.